The molecule has 6 heteroatoms. The number of aliphatic imine (C=N–C) groups is 1. The van der Waals surface area contributed by atoms with Gasteiger partial charge in [-0.2, -0.15) is 0 Å². The van der Waals surface area contributed by atoms with Gasteiger partial charge in [0.05, 0.1) is 19.8 Å². The van der Waals surface area contributed by atoms with Crippen molar-refractivity contribution in [2.75, 3.05) is 59.0 Å². The minimum Gasteiger partial charge on any atom is -0.379 e. The van der Waals surface area contributed by atoms with E-state index in [0.29, 0.717) is 0 Å². The van der Waals surface area contributed by atoms with Crippen molar-refractivity contribution < 1.29 is 4.74 Å². The molecule has 1 fully saturated rings. The van der Waals surface area contributed by atoms with Gasteiger partial charge in [0.1, 0.15) is 0 Å². The lowest BCUT2D eigenvalue weighted by Gasteiger charge is -2.26. The van der Waals surface area contributed by atoms with Gasteiger partial charge in [0.15, 0.2) is 5.96 Å². The zero-order chi connectivity index (χ0) is 15.6. The van der Waals surface area contributed by atoms with E-state index in [4.69, 9.17) is 4.74 Å². The van der Waals surface area contributed by atoms with E-state index in [1.54, 1.807) is 0 Å². The summed E-state index contributed by atoms with van der Waals surface area (Å²) in [5.41, 5.74) is 0.150. The van der Waals surface area contributed by atoms with E-state index in [9.17, 15) is 0 Å². The van der Waals surface area contributed by atoms with Crippen LogP contribution in [-0.4, -0.2) is 75.4 Å². The van der Waals surface area contributed by atoms with Crippen molar-refractivity contribution in [1.29, 1.82) is 0 Å². The number of nitrogens with zero attached hydrogens (tertiary/aromatic N) is 2. The second kappa shape index (κ2) is 9.97. The van der Waals surface area contributed by atoms with Gasteiger partial charge in [0, 0.05) is 44.8 Å². The van der Waals surface area contributed by atoms with E-state index in [1.807, 2.05) is 0 Å². The molecule has 0 atom stereocenters. The van der Waals surface area contributed by atoms with Crippen LogP contribution in [0.4, 0.5) is 0 Å². The maximum atomic E-state index is 5.35. The molecule has 0 bridgehead atoms. The van der Waals surface area contributed by atoms with Crippen molar-refractivity contribution in [1.82, 2.24) is 20.9 Å². The molecule has 1 rings (SSSR count). The van der Waals surface area contributed by atoms with Gasteiger partial charge in [0.25, 0.3) is 0 Å². The van der Waals surface area contributed by atoms with E-state index in [-0.39, 0.29) is 5.54 Å². The van der Waals surface area contributed by atoms with Gasteiger partial charge in [-0.05, 0) is 27.7 Å². The normalized spacial score (nSPS) is 17.8. The highest BCUT2D eigenvalue weighted by atomic mass is 16.5. The highest BCUT2D eigenvalue weighted by molar-refractivity contribution is 5.79. The molecule has 1 aliphatic heterocycles. The Morgan fingerprint density at radius 1 is 1.14 bits per heavy atom. The average molecular weight is 299 g/mol. The first-order chi connectivity index (χ1) is 10.0. The second-order valence-corrected chi connectivity index (χ2v) is 6.32. The second-order valence-electron chi connectivity index (χ2n) is 6.32. The summed E-state index contributed by atoms with van der Waals surface area (Å²) >= 11 is 0. The van der Waals surface area contributed by atoms with E-state index >= 15 is 0 Å². The van der Waals surface area contributed by atoms with E-state index in [0.717, 1.165) is 65.0 Å². The van der Waals surface area contributed by atoms with E-state index < -0.39 is 0 Å². The predicted octanol–water partition coefficient (Wildman–Crippen LogP) is 0.262. The van der Waals surface area contributed by atoms with Crippen LogP contribution in [0.15, 0.2) is 4.99 Å². The molecule has 6 nitrogen and oxygen atoms in total. The lowest BCUT2D eigenvalue weighted by atomic mass is 10.1. The summed E-state index contributed by atoms with van der Waals surface area (Å²) in [6.07, 6.45) is 0. The topological polar surface area (TPSA) is 60.9 Å². The molecule has 1 aliphatic rings. The summed E-state index contributed by atoms with van der Waals surface area (Å²) in [4.78, 5) is 7.01. The Morgan fingerprint density at radius 3 is 2.48 bits per heavy atom. The van der Waals surface area contributed by atoms with Crippen molar-refractivity contribution >= 4 is 5.96 Å². The molecular weight excluding hydrogens is 266 g/mol. The number of rotatable bonds is 7. The maximum Gasteiger partial charge on any atom is 0.191 e. The third-order valence-electron chi connectivity index (χ3n) is 3.21. The average Bonchev–Trinajstić information content (AvgIpc) is 2.43. The smallest absolute Gasteiger partial charge is 0.191 e. The molecule has 0 aromatic rings. The van der Waals surface area contributed by atoms with Crippen LogP contribution in [0.3, 0.4) is 0 Å². The Hall–Kier alpha value is -0.850. The lowest BCUT2D eigenvalue weighted by Crippen LogP contribution is -2.44. The summed E-state index contributed by atoms with van der Waals surface area (Å²) in [7, 11) is 0. The van der Waals surface area contributed by atoms with Crippen LogP contribution < -0.4 is 16.0 Å². The first-order valence-electron chi connectivity index (χ1n) is 8.08. The van der Waals surface area contributed by atoms with Crippen LogP contribution in [0.2, 0.25) is 0 Å². The quantitative estimate of drug-likeness (QED) is 0.358. The Bertz CT molecular complexity index is 295. The summed E-state index contributed by atoms with van der Waals surface area (Å²) in [6.45, 7) is 16.9. The summed E-state index contributed by atoms with van der Waals surface area (Å²) in [6, 6.07) is 0. The molecule has 0 amide bonds. The predicted molar refractivity (Wildman–Crippen MR) is 89.0 cm³/mol. The van der Waals surface area contributed by atoms with Gasteiger partial charge in [-0.25, -0.2) is 0 Å². The van der Waals surface area contributed by atoms with Crippen molar-refractivity contribution in [3.63, 3.8) is 0 Å². The van der Waals surface area contributed by atoms with E-state index in [2.05, 4.69) is 53.5 Å². The van der Waals surface area contributed by atoms with Crippen LogP contribution >= 0.6 is 0 Å². The van der Waals surface area contributed by atoms with Gasteiger partial charge in [-0.3, -0.25) is 9.89 Å². The van der Waals surface area contributed by atoms with Crippen molar-refractivity contribution in [2.24, 2.45) is 4.99 Å². The number of nitrogens with one attached hydrogen (secondary N) is 3. The Kier molecular flexibility index (Phi) is 8.64. The third kappa shape index (κ3) is 9.66. The zero-order valence-electron chi connectivity index (χ0n) is 14.2. The molecule has 124 valence electrons. The fourth-order valence-corrected chi connectivity index (χ4v) is 2.10. The minimum absolute atomic E-state index is 0.150. The Labute approximate surface area is 129 Å². The van der Waals surface area contributed by atoms with Crippen LogP contribution in [-0.2, 0) is 4.74 Å². The monoisotopic (exact) mass is 299 g/mol. The van der Waals surface area contributed by atoms with E-state index in [1.165, 1.54) is 0 Å². The molecule has 0 unspecified atom stereocenters. The van der Waals surface area contributed by atoms with Gasteiger partial charge >= 0.3 is 0 Å². The lowest BCUT2D eigenvalue weighted by molar-refractivity contribution is 0.0389. The van der Waals surface area contributed by atoms with Crippen molar-refractivity contribution in [2.45, 2.75) is 33.2 Å². The third-order valence-corrected chi connectivity index (χ3v) is 3.21. The number of ether oxygens (including phenoxy) is 1. The van der Waals surface area contributed by atoms with Gasteiger partial charge < -0.3 is 20.7 Å². The molecule has 0 aromatic carbocycles. The first kappa shape index (κ1) is 18.2. The van der Waals surface area contributed by atoms with Gasteiger partial charge in [0.2, 0.25) is 0 Å². The Balaban J connectivity index is 2.21. The fourth-order valence-electron chi connectivity index (χ4n) is 2.10. The maximum absolute atomic E-state index is 5.35. The minimum atomic E-state index is 0.150. The molecule has 0 spiro atoms. The molecule has 1 saturated heterocycles. The molecule has 0 aliphatic carbocycles. The van der Waals surface area contributed by atoms with Gasteiger partial charge in [-0.15, -0.1) is 0 Å². The molecule has 0 radical (unpaired) electrons. The van der Waals surface area contributed by atoms with Crippen molar-refractivity contribution in [3.05, 3.63) is 0 Å². The van der Waals surface area contributed by atoms with Crippen molar-refractivity contribution in [3.8, 4) is 0 Å². The van der Waals surface area contributed by atoms with Crippen LogP contribution in [0.5, 0.6) is 0 Å². The number of hydrogen-bond acceptors (Lipinski definition) is 4. The molecule has 21 heavy (non-hydrogen) atoms. The number of morpholine rings is 1. The highest BCUT2D eigenvalue weighted by Gasteiger charge is 2.10. The van der Waals surface area contributed by atoms with Crippen LogP contribution in [0.1, 0.15) is 27.7 Å². The summed E-state index contributed by atoms with van der Waals surface area (Å²) in [5.74, 6) is 0.904. The molecule has 3 N–H and O–H groups in total. The largest absolute Gasteiger partial charge is 0.379 e. The molecule has 0 saturated carbocycles. The van der Waals surface area contributed by atoms with Gasteiger partial charge in [-0.1, -0.05) is 0 Å². The van der Waals surface area contributed by atoms with Crippen LogP contribution in [0, 0.1) is 0 Å². The molecular formula is C15H33N5O. The highest BCUT2D eigenvalue weighted by Crippen LogP contribution is 1.97. The molecule has 0 aromatic heterocycles. The van der Waals surface area contributed by atoms with Crippen LogP contribution in [0.25, 0.3) is 0 Å². The number of guanidine groups is 1. The first-order valence-corrected chi connectivity index (χ1v) is 8.08. The Morgan fingerprint density at radius 2 is 1.86 bits per heavy atom. The standard InChI is InChI=1S/C15H33N5O/c1-5-16-14(17-6-7-19-15(2,3)4)18-8-9-20-10-12-21-13-11-20/h19H,5-13H2,1-4H3,(H2,16,17,18). The zero-order valence-corrected chi connectivity index (χ0v) is 14.2. The number of hydrogen-bond donors (Lipinski definition) is 3. The summed E-state index contributed by atoms with van der Waals surface area (Å²) < 4.78 is 5.35. The summed E-state index contributed by atoms with van der Waals surface area (Å²) in [5, 5.41) is 10.1. The SMILES string of the molecule is CCNC(=NCCNC(C)(C)C)NCCN1CCOCC1. The fraction of sp³-hybridized carbons (Fsp3) is 0.933. The molecule has 1 heterocycles.